The molecule has 1 aliphatic rings. The van der Waals surface area contributed by atoms with Gasteiger partial charge in [0.2, 0.25) is 5.91 Å². The summed E-state index contributed by atoms with van der Waals surface area (Å²) in [6.07, 6.45) is -4.00. The first kappa shape index (κ1) is 21.4. The Labute approximate surface area is 170 Å². The van der Waals surface area contributed by atoms with Gasteiger partial charge in [0.15, 0.2) is 6.29 Å². The number of ether oxygens (including phenoxy) is 3. The van der Waals surface area contributed by atoms with Gasteiger partial charge in [0.25, 0.3) is 0 Å². The van der Waals surface area contributed by atoms with E-state index in [2.05, 4.69) is 5.32 Å². The maximum atomic E-state index is 11.4. The summed E-state index contributed by atoms with van der Waals surface area (Å²) in [6, 6.07) is 18.2. The van der Waals surface area contributed by atoms with Gasteiger partial charge in [-0.3, -0.25) is 4.79 Å². The smallest absolute Gasteiger partial charge is 0.217 e. The third kappa shape index (κ3) is 6.09. The SMILES string of the molecule is CC(=O)N[C@H]1C(O)O[C@H](COCc2ccccc2)[C@H](OCc2ccccc2)[C@@H]1O. The molecule has 0 aromatic heterocycles. The van der Waals surface area contributed by atoms with E-state index in [4.69, 9.17) is 14.2 Å². The number of rotatable bonds is 8. The van der Waals surface area contributed by atoms with Crippen molar-refractivity contribution in [2.45, 2.75) is 50.8 Å². The van der Waals surface area contributed by atoms with Gasteiger partial charge in [-0.05, 0) is 11.1 Å². The topological polar surface area (TPSA) is 97.3 Å². The first-order valence-corrected chi connectivity index (χ1v) is 9.60. The third-order valence-electron chi connectivity index (χ3n) is 4.74. The van der Waals surface area contributed by atoms with Crippen LogP contribution in [0.15, 0.2) is 60.7 Å². The van der Waals surface area contributed by atoms with Gasteiger partial charge in [-0.25, -0.2) is 0 Å². The predicted octanol–water partition coefficient (Wildman–Crippen LogP) is 1.37. The van der Waals surface area contributed by atoms with E-state index in [1.54, 1.807) is 0 Å². The van der Waals surface area contributed by atoms with Gasteiger partial charge in [-0.1, -0.05) is 60.7 Å². The average Bonchev–Trinajstić information content (AvgIpc) is 2.72. The highest BCUT2D eigenvalue weighted by molar-refractivity contribution is 5.73. The minimum absolute atomic E-state index is 0.120. The Hall–Kier alpha value is -2.29. The summed E-state index contributed by atoms with van der Waals surface area (Å²) in [5.41, 5.74) is 1.94. The van der Waals surface area contributed by atoms with E-state index in [9.17, 15) is 15.0 Å². The molecule has 29 heavy (non-hydrogen) atoms. The molecular formula is C22H27NO6. The second-order valence-electron chi connectivity index (χ2n) is 7.04. The van der Waals surface area contributed by atoms with E-state index in [1.807, 2.05) is 60.7 Å². The van der Waals surface area contributed by atoms with E-state index in [0.717, 1.165) is 11.1 Å². The molecule has 1 aliphatic heterocycles. The minimum Gasteiger partial charge on any atom is -0.388 e. The molecule has 0 radical (unpaired) electrons. The van der Waals surface area contributed by atoms with Gasteiger partial charge in [-0.15, -0.1) is 0 Å². The van der Waals surface area contributed by atoms with E-state index in [0.29, 0.717) is 6.61 Å². The average molecular weight is 401 g/mol. The van der Waals surface area contributed by atoms with Gasteiger partial charge in [0.05, 0.1) is 19.8 Å². The summed E-state index contributed by atoms with van der Waals surface area (Å²) >= 11 is 0. The number of carbonyl (C=O) groups is 1. The molecule has 1 heterocycles. The highest BCUT2D eigenvalue weighted by Crippen LogP contribution is 2.24. The number of benzene rings is 2. The zero-order chi connectivity index (χ0) is 20.6. The fourth-order valence-corrected chi connectivity index (χ4v) is 3.30. The van der Waals surface area contributed by atoms with E-state index < -0.39 is 30.6 Å². The highest BCUT2D eigenvalue weighted by atomic mass is 16.6. The van der Waals surface area contributed by atoms with E-state index in [-0.39, 0.29) is 19.1 Å². The van der Waals surface area contributed by atoms with Crippen molar-refractivity contribution in [2.24, 2.45) is 0 Å². The van der Waals surface area contributed by atoms with Gasteiger partial charge >= 0.3 is 0 Å². The van der Waals surface area contributed by atoms with Crippen LogP contribution < -0.4 is 5.32 Å². The number of aliphatic hydroxyl groups is 2. The van der Waals surface area contributed by atoms with Crippen LogP contribution in [0.5, 0.6) is 0 Å². The summed E-state index contributed by atoms with van der Waals surface area (Å²) in [4.78, 5) is 11.4. The molecule has 1 saturated heterocycles. The molecular weight excluding hydrogens is 374 g/mol. The lowest BCUT2D eigenvalue weighted by Crippen LogP contribution is -2.64. The summed E-state index contributed by atoms with van der Waals surface area (Å²) in [7, 11) is 0. The Kier molecular flexibility index (Phi) is 7.74. The number of nitrogens with one attached hydrogen (secondary N) is 1. The van der Waals surface area contributed by atoms with E-state index >= 15 is 0 Å². The van der Waals surface area contributed by atoms with Crippen molar-refractivity contribution in [1.82, 2.24) is 5.32 Å². The lowest BCUT2D eigenvalue weighted by molar-refractivity contribution is -0.268. The normalized spacial score (nSPS) is 26.8. The van der Waals surface area contributed by atoms with Crippen LogP contribution in [0.4, 0.5) is 0 Å². The second-order valence-corrected chi connectivity index (χ2v) is 7.04. The van der Waals surface area contributed by atoms with Gasteiger partial charge < -0.3 is 29.7 Å². The number of amides is 1. The summed E-state index contributed by atoms with van der Waals surface area (Å²) in [5.74, 6) is -0.378. The summed E-state index contributed by atoms with van der Waals surface area (Å²) < 4.78 is 17.3. The fourth-order valence-electron chi connectivity index (χ4n) is 3.30. The zero-order valence-corrected chi connectivity index (χ0v) is 16.3. The number of hydrogen-bond acceptors (Lipinski definition) is 6. The third-order valence-corrected chi connectivity index (χ3v) is 4.74. The lowest BCUT2D eigenvalue weighted by atomic mass is 9.96. The van der Waals surface area contributed by atoms with Gasteiger partial charge in [0.1, 0.15) is 24.4 Å². The molecule has 0 spiro atoms. The molecule has 7 nitrogen and oxygen atoms in total. The van der Waals surface area contributed by atoms with Crippen molar-refractivity contribution >= 4 is 5.91 Å². The summed E-state index contributed by atoms with van der Waals surface area (Å²) in [6.45, 7) is 2.06. The van der Waals surface area contributed by atoms with Crippen LogP contribution in [-0.2, 0) is 32.2 Å². The molecule has 1 unspecified atom stereocenters. The van der Waals surface area contributed by atoms with Gasteiger partial charge in [0, 0.05) is 6.92 Å². The van der Waals surface area contributed by atoms with Crippen molar-refractivity contribution in [3.63, 3.8) is 0 Å². The Morgan fingerprint density at radius 3 is 2.17 bits per heavy atom. The second kappa shape index (κ2) is 10.5. The molecule has 0 saturated carbocycles. The van der Waals surface area contributed by atoms with Crippen LogP contribution in [0.3, 0.4) is 0 Å². The zero-order valence-electron chi connectivity index (χ0n) is 16.3. The van der Waals surface area contributed by atoms with Crippen molar-refractivity contribution in [3.8, 4) is 0 Å². The highest BCUT2D eigenvalue weighted by Gasteiger charge is 2.45. The molecule has 156 valence electrons. The Balaban J connectivity index is 1.66. The molecule has 1 fully saturated rings. The standard InChI is InChI=1S/C22H27NO6/c1-15(24)23-19-20(25)21(28-13-17-10-6-3-7-11-17)18(29-22(19)26)14-27-12-16-8-4-2-5-9-16/h2-11,18-22,25-26H,12-14H2,1H3,(H,23,24)/t18-,19-,20-,21+,22?/m1/s1. The quantitative estimate of drug-likeness (QED) is 0.618. The number of aliphatic hydroxyl groups excluding tert-OH is 2. The van der Waals surface area contributed by atoms with Crippen molar-refractivity contribution < 1.29 is 29.2 Å². The van der Waals surface area contributed by atoms with Crippen LogP contribution in [0.25, 0.3) is 0 Å². The van der Waals surface area contributed by atoms with Crippen LogP contribution in [0, 0.1) is 0 Å². The molecule has 2 aromatic carbocycles. The maximum Gasteiger partial charge on any atom is 0.217 e. The largest absolute Gasteiger partial charge is 0.388 e. The Bertz CT molecular complexity index is 756. The van der Waals surface area contributed by atoms with Crippen molar-refractivity contribution in [3.05, 3.63) is 71.8 Å². The number of carbonyl (C=O) groups excluding carboxylic acids is 1. The molecule has 3 N–H and O–H groups in total. The molecule has 7 heteroatoms. The summed E-state index contributed by atoms with van der Waals surface area (Å²) in [5, 5.41) is 23.6. The van der Waals surface area contributed by atoms with Crippen molar-refractivity contribution in [2.75, 3.05) is 6.61 Å². The first-order valence-electron chi connectivity index (χ1n) is 9.60. The fraction of sp³-hybridized carbons (Fsp3) is 0.409. The van der Waals surface area contributed by atoms with Gasteiger partial charge in [-0.2, -0.15) is 0 Å². The van der Waals surface area contributed by atoms with Crippen LogP contribution in [-0.4, -0.2) is 53.4 Å². The molecule has 3 rings (SSSR count). The molecule has 5 atom stereocenters. The minimum atomic E-state index is -1.36. The van der Waals surface area contributed by atoms with Crippen LogP contribution in [0.1, 0.15) is 18.1 Å². The maximum absolute atomic E-state index is 11.4. The molecule has 1 amide bonds. The van der Waals surface area contributed by atoms with Crippen LogP contribution in [0.2, 0.25) is 0 Å². The lowest BCUT2D eigenvalue weighted by Gasteiger charge is -2.42. The molecule has 0 bridgehead atoms. The number of hydrogen-bond donors (Lipinski definition) is 3. The molecule has 0 aliphatic carbocycles. The first-order chi connectivity index (χ1) is 14.0. The Morgan fingerprint density at radius 1 is 1.00 bits per heavy atom. The van der Waals surface area contributed by atoms with E-state index in [1.165, 1.54) is 6.92 Å². The Morgan fingerprint density at radius 2 is 1.59 bits per heavy atom. The van der Waals surface area contributed by atoms with Crippen LogP contribution >= 0.6 is 0 Å². The monoisotopic (exact) mass is 401 g/mol. The predicted molar refractivity (Wildman–Crippen MR) is 106 cm³/mol. The molecule has 2 aromatic rings. The van der Waals surface area contributed by atoms with Crippen molar-refractivity contribution in [1.29, 1.82) is 0 Å².